The molecule has 9 heteroatoms. The highest BCUT2D eigenvalue weighted by atomic mass is 16.5. The maximum absolute atomic E-state index is 12.9. The zero-order valence-electron chi connectivity index (χ0n) is 19.2. The van der Waals surface area contributed by atoms with Crippen LogP contribution < -0.4 is 20.1 Å². The number of rotatable bonds is 8. The van der Waals surface area contributed by atoms with Crippen LogP contribution in [-0.4, -0.2) is 35.8 Å². The van der Waals surface area contributed by atoms with Gasteiger partial charge in [0.2, 0.25) is 0 Å². The van der Waals surface area contributed by atoms with E-state index in [-0.39, 0.29) is 18.7 Å². The van der Waals surface area contributed by atoms with Crippen LogP contribution in [0, 0.1) is 6.92 Å². The molecule has 35 heavy (non-hydrogen) atoms. The molecule has 0 saturated carbocycles. The SMILES string of the molecule is COc1ccc(CN2C(=O)NC(=O)C2=O)cc1C(=O)NCc1ccc(Oc2ccc(C)cc2)cc1. The van der Waals surface area contributed by atoms with Crippen molar-refractivity contribution in [3.8, 4) is 17.2 Å². The first-order valence-electron chi connectivity index (χ1n) is 10.8. The van der Waals surface area contributed by atoms with E-state index in [1.807, 2.05) is 60.8 Å². The third-order valence-corrected chi connectivity index (χ3v) is 5.39. The zero-order valence-corrected chi connectivity index (χ0v) is 19.2. The number of hydrogen-bond acceptors (Lipinski definition) is 6. The molecule has 1 saturated heterocycles. The Bertz CT molecular complexity index is 1290. The lowest BCUT2D eigenvalue weighted by molar-refractivity contribution is -0.140. The van der Waals surface area contributed by atoms with E-state index in [0.717, 1.165) is 21.8 Å². The standard InChI is InChI=1S/C26H23N3O6/c1-16-3-8-19(9-4-16)35-20-10-5-17(6-11-20)14-27-23(30)21-13-18(7-12-22(21)34-2)15-29-25(32)24(31)28-26(29)33/h3-13H,14-15H2,1-2H3,(H,27,30)(H,28,31,33). The molecule has 4 rings (SSSR count). The molecule has 3 aromatic rings. The molecule has 0 unspecified atom stereocenters. The average Bonchev–Trinajstić information content (AvgIpc) is 3.10. The van der Waals surface area contributed by atoms with E-state index in [1.54, 1.807) is 12.1 Å². The average molecular weight is 473 g/mol. The lowest BCUT2D eigenvalue weighted by atomic mass is 10.1. The van der Waals surface area contributed by atoms with Crippen molar-refractivity contribution >= 4 is 23.8 Å². The number of carbonyl (C=O) groups excluding carboxylic acids is 4. The topological polar surface area (TPSA) is 114 Å². The molecule has 0 atom stereocenters. The quantitative estimate of drug-likeness (QED) is 0.383. The molecule has 5 amide bonds. The molecule has 0 bridgehead atoms. The van der Waals surface area contributed by atoms with Gasteiger partial charge in [0.25, 0.3) is 5.91 Å². The lowest BCUT2D eigenvalue weighted by Crippen LogP contribution is -2.30. The van der Waals surface area contributed by atoms with E-state index in [9.17, 15) is 19.2 Å². The van der Waals surface area contributed by atoms with E-state index >= 15 is 0 Å². The van der Waals surface area contributed by atoms with Crippen LogP contribution in [0.1, 0.15) is 27.0 Å². The molecule has 0 radical (unpaired) electrons. The third-order valence-electron chi connectivity index (χ3n) is 5.39. The van der Waals surface area contributed by atoms with Crippen molar-refractivity contribution in [1.82, 2.24) is 15.5 Å². The molecular formula is C26H23N3O6. The maximum atomic E-state index is 12.9. The monoisotopic (exact) mass is 473 g/mol. The predicted molar refractivity (Wildman–Crippen MR) is 126 cm³/mol. The number of aryl methyl sites for hydroxylation is 1. The molecular weight excluding hydrogens is 450 g/mol. The van der Waals surface area contributed by atoms with Gasteiger partial charge in [-0.25, -0.2) is 4.79 Å². The van der Waals surface area contributed by atoms with Crippen LogP contribution in [0.25, 0.3) is 0 Å². The summed E-state index contributed by atoms with van der Waals surface area (Å²) < 4.78 is 11.1. The summed E-state index contributed by atoms with van der Waals surface area (Å²) in [5, 5.41) is 4.78. The molecule has 1 fully saturated rings. The van der Waals surface area contributed by atoms with Crippen LogP contribution in [0.15, 0.2) is 66.7 Å². The number of imide groups is 2. The first-order chi connectivity index (χ1) is 16.8. The van der Waals surface area contributed by atoms with E-state index in [4.69, 9.17) is 9.47 Å². The second kappa shape index (κ2) is 10.1. The number of carbonyl (C=O) groups is 4. The van der Waals surface area contributed by atoms with Gasteiger partial charge in [-0.05, 0) is 54.4 Å². The number of benzene rings is 3. The van der Waals surface area contributed by atoms with Gasteiger partial charge in [0, 0.05) is 6.54 Å². The Morgan fingerprint density at radius 2 is 1.54 bits per heavy atom. The zero-order chi connectivity index (χ0) is 24.9. The van der Waals surface area contributed by atoms with Crippen molar-refractivity contribution in [2.75, 3.05) is 7.11 Å². The molecule has 3 aromatic carbocycles. The van der Waals surface area contributed by atoms with Crippen molar-refractivity contribution in [1.29, 1.82) is 0 Å². The summed E-state index contributed by atoms with van der Waals surface area (Å²) in [6, 6.07) is 19.0. The van der Waals surface area contributed by atoms with Crippen LogP contribution in [-0.2, 0) is 22.7 Å². The fourth-order valence-corrected chi connectivity index (χ4v) is 3.49. The molecule has 178 valence electrons. The molecule has 0 aromatic heterocycles. The van der Waals surface area contributed by atoms with Crippen molar-refractivity contribution in [3.05, 3.63) is 89.0 Å². The smallest absolute Gasteiger partial charge is 0.331 e. The highest BCUT2D eigenvalue weighted by Gasteiger charge is 2.36. The molecule has 2 N–H and O–H groups in total. The number of ether oxygens (including phenoxy) is 2. The minimum Gasteiger partial charge on any atom is -0.496 e. The van der Waals surface area contributed by atoms with Gasteiger partial charge in [0.1, 0.15) is 17.2 Å². The van der Waals surface area contributed by atoms with Gasteiger partial charge in [-0.2, -0.15) is 0 Å². The summed E-state index contributed by atoms with van der Waals surface area (Å²) in [4.78, 5) is 48.7. The summed E-state index contributed by atoms with van der Waals surface area (Å²) in [5.41, 5.74) is 2.74. The Morgan fingerprint density at radius 3 is 2.14 bits per heavy atom. The maximum Gasteiger partial charge on any atom is 0.331 e. The first-order valence-corrected chi connectivity index (χ1v) is 10.8. The molecule has 1 heterocycles. The normalized spacial score (nSPS) is 13.0. The van der Waals surface area contributed by atoms with Crippen molar-refractivity contribution in [2.24, 2.45) is 0 Å². The van der Waals surface area contributed by atoms with Crippen molar-refractivity contribution < 1.29 is 28.7 Å². The third kappa shape index (κ3) is 5.47. The summed E-state index contributed by atoms with van der Waals surface area (Å²) in [6.07, 6.45) is 0. The summed E-state index contributed by atoms with van der Waals surface area (Å²) in [6.45, 7) is 2.12. The van der Waals surface area contributed by atoms with E-state index < -0.39 is 23.8 Å². The Hall–Kier alpha value is -4.66. The molecule has 1 aliphatic heterocycles. The Kier molecular flexibility index (Phi) is 6.77. The van der Waals surface area contributed by atoms with Crippen molar-refractivity contribution in [2.45, 2.75) is 20.0 Å². The minimum atomic E-state index is -0.975. The highest BCUT2D eigenvalue weighted by molar-refractivity contribution is 6.44. The number of urea groups is 1. The van der Waals surface area contributed by atoms with Crippen LogP contribution in [0.4, 0.5) is 4.79 Å². The number of amides is 5. The first kappa shape index (κ1) is 23.5. The summed E-state index contributed by atoms with van der Waals surface area (Å²) in [5.74, 6) is -0.555. The van der Waals surface area contributed by atoms with Gasteiger partial charge in [-0.15, -0.1) is 0 Å². The van der Waals surface area contributed by atoms with Crippen molar-refractivity contribution in [3.63, 3.8) is 0 Å². The van der Waals surface area contributed by atoms with Gasteiger partial charge in [-0.1, -0.05) is 35.9 Å². The Balaban J connectivity index is 1.40. The van der Waals surface area contributed by atoms with Gasteiger partial charge < -0.3 is 14.8 Å². The number of hydrogen-bond donors (Lipinski definition) is 2. The van der Waals surface area contributed by atoms with Gasteiger partial charge in [0.15, 0.2) is 0 Å². The molecule has 1 aliphatic rings. The Labute approximate surface area is 201 Å². The van der Waals surface area contributed by atoms with Gasteiger partial charge in [-0.3, -0.25) is 24.6 Å². The second-order valence-corrected chi connectivity index (χ2v) is 7.93. The predicted octanol–water partition coefficient (Wildman–Crippen LogP) is 3.30. The van der Waals surface area contributed by atoms with Crippen LogP contribution in [0.5, 0.6) is 17.2 Å². The second-order valence-electron chi connectivity index (χ2n) is 7.93. The van der Waals surface area contributed by atoms with Crippen LogP contribution >= 0.6 is 0 Å². The van der Waals surface area contributed by atoms with E-state index in [1.165, 1.54) is 13.2 Å². The molecule has 0 spiro atoms. The molecule has 0 aliphatic carbocycles. The summed E-state index contributed by atoms with van der Waals surface area (Å²) in [7, 11) is 1.44. The van der Waals surface area contributed by atoms with Gasteiger partial charge >= 0.3 is 17.8 Å². The molecule has 9 nitrogen and oxygen atoms in total. The lowest BCUT2D eigenvalue weighted by Gasteiger charge is -2.14. The van der Waals surface area contributed by atoms with Gasteiger partial charge in [0.05, 0.1) is 19.2 Å². The number of methoxy groups -OCH3 is 1. The van der Waals surface area contributed by atoms with E-state index in [0.29, 0.717) is 17.1 Å². The summed E-state index contributed by atoms with van der Waals surface area (Å²) >= 11 is 0. The van der Waals surface area contributed by atoms with E-state index in [2.05, 4.69) is 5.32 Å². The minimum absolute atomic E-state index is 0.150. The Morgan fingerprint density at radius 1 is 0.914 bits per heavy atom. The fourth-order valence-electron chi connectivity index (χ4n) is 3.49. The number of nitrogens with one attached hydrogen (secondary N) is 2. The number of nitrogens with zero attached hydrogens (tertiary/aromatic N) is 1. The van der Waals surface area contributed by atoms with Crippen LogP contribution in [0.3, 0.4) is 0 Å². The van der Waals surface area contributed by atoms with Crippen LogP contribution in [0.2, 0.25) is 0 Å². The largest absolute Gasteiger partial charge is 0.496 e. The fraction of sp³-hybridized carbons (Fsp3) is 0.154. The highest BCUT2D eigenvalue weighted by Crippen LogP contribution is 2.23.